The van der Waals surface area contributed by atoms with Crippen LogP contribution in [0.5, 0.6) is 0 Å². The number of rotatable bonds is 7. The third-order valence-electron chi connectivity index (χ3n) is 8.61. The van der Waals surface area contributed by atoms with Gasteiger partial charge in [0.1, 0.15) is 0 Å². The molecule has 0 bridgehead atoms. The van der Waals surface area contributed by atoms with Crippen molar-refractivity contribution in [3.63, 3.8) is 0 Å². The molecular weight excluding hydrogens is 605 g/mol. The second-order valence-electron chi connectivity index (χ2n) is 12.8. The van der Waals surface area contributed by atoms with E-state index in [1.54, 1.807) is 36.0 Å². The summed E-state index contributed by atoms with van der Waals surface area (Å²) in [5.74, 6) is -0.489. The largest absolute Gasteiger partial charge is 0.400 e. The number of carbonyl (C=O) groups excluding carboxylic acids is 2. The zero-order valence-electron chi connectivity index (χ0n) is 26.4. The van der Waals surface area contributed by atoms with E-state index in [1.165, 1.54) is 15.3 Å². The zero-order chi connectivity index (χ0) is 32.0. The van der Waals surface area contributed by atoms with Gasteiger partial charge in [-0.3, -0.25) is 14.5 Å². The normalized spacial score (nSPS) is 14.7. The van der Waals surface area contributed by atoms with Crippen LogP contribution in [0.4, 0.5) is 11.4 Å². The fourth-order valence-electron chi connectivity index (χ4n) is 6.29. The Kier molecular flexibility index (Phi) is 7.93. The standard InChI is InChI=1S/C39H35N2O3SSi/c1-39(2,3)36(44-46(27-16-7-5-8-17-27)28-18-9-6-10-19-28)31-22-14-24-33-35(31)45-34-26(15-13-23-32(34)40(33)4)25-41-37(42)29-20-11-12-21-30(29)38(41)43/h5-24,36H,25H2,1-4H3. The molecule has 5 aromatic rings. The van der Waals surface area contributed by atoms with Crippen LogP contribution in [0.3, 0.4) is 0 Å². The minimum atomic E-state index is -1.59. The molecule has 46 heavy (non-hydrogen) atoms. The van der Waals surface area contributed by atoms with Gasteiger partial charge in [-0.05, 0) is 51.2 Å². The van der Waals surface area contributed by atoms with Crippen LogP contribution in [0.1, 0.15) is 58.7 Å². The van der Waals surface area contributed by atoms with Crippen LogP contribution in [0.2, 0.25) is 0 Å². The van der Waals surface area contributed by atoms with Crippen molar-refractivity contribution >= 4 is 54.4 Å². The summed E-state index contributed by atoms with van der Waals surface area (Å²) < 4.78 is 7.34. The Hall–Kier alpha value is -4.43. The lowest BCUT2D eigenvalue weighted by molar-refractivity contribution is 0.0641. The number of benzene rings is 5. The molecule has 0 spiro atoms. The Balaban J connectivity index is 1.28. The lowest BCUT2D eigenvalue weighted by atomic mass is 9.84. The molecule has 1 radical (unpaired) electrons. The summed E-state index contributed by atoms with van der Waals surface area (Å²) in [6, 6.07) is 40.8. The first-order valence-corrected chi connectivity index (χ1v) is 17.7. The maximum Gasteiger partial charge on any atom is 0.283 e. The van der Waals surface area contributed by atoms with Gasteiger partial charge in [-0.2, -0.15) is 0 Å². The van der Waals surface area contributed by atoms with E-state index < -0.39 is 9.04 Å². The number of fused-ring (bicyclic) bond motifs is 3. The molecule has 2 heterocycles. The van der Waals surface area contributed by atoms with Gasteiger partial charge < -0.3 is 9.33 Å². The lowest BCUT2D eigenvalue weighted by Gasteiger charge is -2.38. The smallest absolute Gasteiger partial charge is 0.283 e. The number of amides is 2. The molecule has 5 nitrogen and oxygen atoms in total. The number of hydrogen-bond acceptors (Lipinski definition) is 5. The number of carbonyl (C=O) groups is 2. The van der Waals surface area contributed by atoms with Crippen molar-refractivity contribution in [2.24, 2.45) is 5.41 Å². The van der Waals surface area contributed by atoms with Crippen molar-refractivity contribution in [3.8, 4) is 0 Å². The zero-order valence-corrected chi connectivity index (χ0v) is 28.2. The fraction of sp³-hybridized carbons (Fsp3) is 0.179. The van der Waals surface area contributed by atoms with Crippen molar-refractivity contribution < 1.29 is 14.0 Å². The SMILES string of the molecule is CN1c2cccc(CN3C(=O)c4ccccc4C3=O)c2Sc2c(C(O[Si](c3ccccc3)c3ccccc3)C(C)(C)C)cccc21. The van der Waals surface area contributed by atoms with Crippen molar-refractivity contribution in [2.45, 2.75) is 43.2 Å². The quantitative estimate of drug-likeness (QED) is 0.135. The molecule has 5 aromatic carbocycles. The van der Waals surface area contributed by atoms with Gasteiger partial charge >= 0.3 is 0 Å². The average Bonchev–Trinajstić information content (AvgIpc) is 3.30. The molecule has 0 aliphatic carbocycles. The minimum absolute atomic E-state index is 0.206. The van der Waals surface area contributed by atoms with Crippen molar-refractivity contribution in [1.29, 1.82) is 0 Å². The molecule has 0 N–H and O–H groups in total. The fourth-order valence-corrected chi connectivity index (χ4v) is 9.99. The summed E-state index contributed by atoms with van der Waals surface area (Å²) in [7, 11) is 0.493. The van der Waals surface area contributed by atoms with Gasteiger partial charge in [-0.1, -0.05) is 130 Å². The highest BCUT2D eigenvalue weighted by molar-refractivity contribution is 7.99. The highest BCUT2D eigenvalue weighted by atomic mass is 32.2. The van der Waals surface area contributed by atoms with Gasteiger partial charge in [0.25, 0.3) is 20.9 Å². The molecule has 1 unspecified atom stereocenters. The molecule has 7 rings (SSSR count). The first-order chi connectivity index (χ1) is 22.2. The molecule has 0 saturated carbocycles. The van der Waals surface area contributed by atoms with E-state index in [9.17, 15) is 9.59 Å². The summed E-state index contributed by atoms with van der Waals surface area (Å²) in [4.78, 5) is 32.4. The van der Waals surface area contributed by atoms with Gasteiger partial charge in [0.15, 0.2) is 0 Å². The lowest BCUT2D eigenvalue weighted by Crippen LogP contribution is -2.47. The van der Waals surface area contributed by atoms with E-state index >= 15 is 0 Å². The van der Waals surface area contributed by atoms with E-state index in [0.717, 1.165) is 32.3 Å². The Morgan fingerprint density at radius 1 is 0.674 bits per heavy atom. The Bertz CT molecular complexity index is 1870. The van der Waals surface area contributed by atoms with Crippen LogP contribution in [-0.2, 0) is 11.0 Å². The molecule has 2 amide bonds. The summed E-state index contributed by atoms with van der Waals surface area (Å²) >= 11 is 1.71. The second-order valence-corrected chi connectivity index (χ2v) is 15.9. The Morgan fingerprint density at radius 2 is 1.20 bits per heavy atom. The van der Waals surface area contributed by atoms with Crippen LogP contribution < -0.4 is 15.3 Å². The molecule has 1 atom stereocenters. The van der Waals surface area contributed by atoms with Gasteiger partial charge in [0, 0.05) is 16.8 Å². The number of imide groups is 1. The van der Waals surface area contributed by atoms with Gasteiger partial charge in [-0.15, -0.1) is 0 Å². The van der Waals surface area contributed by atoms with Gasteiger partial charge in [0.05, 0.1) is 35.2 Å². The van der Waals surface area contributed by atoms with Crippen LogP contribution in [0, 0.1) is 5.41 Å². The summed E-state index contributed by atoms with van der Waals surface area (Å²) in [5.41, 5.74) is 4.96. The van der Waals surface area contributed by atoms with Gasteiger partial charge in [0.2, 0.25) is 0 Å². The van der Waals surface area contributed by atoms with Crippen LogP contribution in [-0.4, -0.2) is 32.8 Å². The van der Waals surface area contributed by atoms with Gasteiger partial charge in [-0.25, -0.2) is 0 Å². The number of hydrogen-bond donors (Lipinski definition) is 0. The minimum Gasteiger partial charge on any atom is -0.400 e. The molecule has 0 saturated heterocycles. The summed E-state index contributed by atoms with van der Waals surface area (Å²) in [5, 5.41) is 2.41. The van der Waals surface area contributed by atoms with Crippen molar-refractivity contribution in [2.75, 3.05) is 11.9 Å². The topological polar surface area (TPSA) is 49.9 Å². The number of anilines is 2. The number of nitrogens with zero attached hydrogens (tertiary/aromatic N) is 2. The Labute approximate surface area is 276 Å². The first-order valence-electron chi connectivity index (χ1n) is 15.5. The molecule has 0 fully saturated rings. The predicted molar refractivity (Wildman–Crippen MR) is 187 cm³/mol. The molecule has 0 aromatic heterocycles. The van der Waals surface area contributed by atoms with Crippen molar-refractivity contribution in [1.82, 2.24) is 4.90 Å². The van der Waals surface area contributed by atoms with Crippen LogP contribution >= 0.6 is 11.8 Å². The maximum atomic E-state index is 13.3. The van der Waals surface area contributed by atoms with E-state index in [4.69, 9.17) is 4.43 Å². The second kappa shape index (κ2) is 12.1. The van der Waals surface area contributed by atoms with Crippen LogP contribution in [0.15, 0.2) is 131 Å². The molecule has 229 valence electrons. The van der Waals surface area contributed by atoms with Crippen molar-refractivity contribution in [3.05, 3.63) is 144 Å². The van der Waals surface area contributed by atoms with Crippen LogP contribution in [0.25, 0.3) is 0 Å². The molecule has 2 aliphatic heterocycles. The third kappa shape index (κ3) is 5.38. The highest BCUT2D eigenvalue weighted by Gasteiger charge is 2.38. The molecule has 7 heteroatoms. The summed E-state index contributed by atoms with van der Waals surface area (Å²) in [6.45, 7) is 6.93. The Morgan fingerprint density at radius 3 is 1.76 bits per heavy atom. The van der Waals surface area contributed by atoms with E-state index in [1.807, 2.05) is 24.3 Å². The average molecular weight is 640 g/mol. The van der Waals surface area contributed by atoms with E-state index in [-0.39, 0.29) is 29.9 Å². The third-order valence-corrected chi connectivity index (χ3v) is 12.1. The monoisotopic (exact) mass is 639 g/mol. The highest BCUT2D eigenvalue weighted by Crippen LogP contribution is 2.53. The summed E-state index contributed by atoms with van der Waals surface area (Å²) in [6.07, 6.45) is -0.206. The predicted octanol–water partition coefficient (Wildman–Crippen LogP) is 7.63. The van der Waals surface area contributed by atoms with E-state index in [2.05, 4.69) is 106 Å². The maximum absolute atomic E-state index is 13.3. The molecule has 2 aliphatic rings. The molecular formula is C39H35N2O3SSi. The first kappa shape index (κ1) is 30.2. The van der Waals surface area contributed by atoms with E-state index in [0.29, 0.717) is 11.1 Å².